The van der Waals surface area contributed by atoms with E-state index in [2.05, 4.69) is 47.2 Å². The molecule has 1 N–H and O–H groups in total. The van der Waals surface area contributed by atoms with Gasteiger partial charge in [-0.05, 0) is 52.6 Å². The van der Waals surface area contributed by atoms with Gasteiger partial charge in [0.2, 0.25) is 0 Å². The molecule has 0 saturated carbocycles. The molecule has 0 aliphatic heterocycles. The molecular formula is C22H36N4O3. The maximum atomic E-state index is 10.3. The van der Waals surface area contributed by atoms with E-state index in [1.807, 2.05) is 37.6 Å². The first-order valence-corrected chi connectivity index (χ1v) is 10.2. The van der Waals surface area contributed by atoms with Crippen LogP contribution in [0.1, 0.15) is 32.2 Å². The lowest BCUT2D eigenvalue weighted by Crippen LogP contribution is -2.37. The van der Waals surface area contributed by atoms with Crippen molar-refractivity contribution in [1.29, 1.82) is 0 Å². The molecule has 2 aromatic rings. The zero-order valence-electron chi connectivity index (χ0n) is 18.6. The molecule has 1 aromatic heterocycles. The van der Waals surface area contributed by atoms with Gasteiger partial charge in [-0.2, -0.15) is 0 Å². The SMILES string of the molecule is CCn1ccnc1CN(C)Cc1ccc(OC)c(OC[C@@H](O)CN(C)C(C)C)c1. The van der Waals surface area contributed by atoms with Crippen LogP contribution >= 0.6 is 0 Å². The van der Waals surface area contributed by atoms with E-state index >= 15 is 0 Å². The van der Waals surface area contributed by atoms with Crippen LogP contribution in [0.5, 0.6) is 11.5 Å². The Morgan fingerprint density at radius 2 is 1.93 bits per heavy atom. The molecule has 1 heterocycles. The van der Waals surface area contributed by atoms with Gasteiger partial charge in [0.15, 0.2) is 11.5 Å². The van der Waals surface area contributed by atoms with Crippen LogP contribution in [-0.4, -0.2) is 71.0 Å². The number of benzene rings is 1. The lowest BCUT2D eigenvalue weighted by Gasteiger charge is -2.24. The Morgan fingerprint density at radius 1 is 1.17 bits per heavy atom. The van der Waals surface area contributed by atoms with Crippen molar-refractivity contribution < 1.29 is 14.6 Å². The number of aliphatic hydroxyl groups is 1. The predicted octanol–water partition coefficient (Wildman–Crippen LogP) is 2.62. The molecule has 0 fully saturated rings. The summed E-state index contributed by atoms with van der Waals surface area (Å²) in [6, 6.07) is 6.32. The number of imidazole rings is 1. The first-order valence-electron chi connectivity index (χ1n) is 10.2. The third kappa shape index (κ3) is 7.03. The molecule has 2 rings (SSSR count). The molecule has 29 heavy (non-hydrogen) atoms. The predicted molar refractivity (Wildman–Crippen MR) is 115 cm³/mol. The second-order valence-corrected chi connectivity index (χ2v) is 7.79. The fraction of sp³-hybridized carbons (Fsp3) is 0.591. The van der Waals surface area contributed by atoms with Gasteiger partial charge in [-0.1, -0.05) is 6.07 Å². The van der Waals surface area contributed by atoms with Crippen LogP contribution < -0.4 is 9.47 Å². The van der Waals surface area contributed by atoms with Gasteiger partial charge in [-0.25, -0.2) is 4.98 Å². The summed E-state index contributed by atoms with van der Waals surface area (Å²) in [5.41, 5.74) is 1.12. The Bertz CT molecular complexity index is 747. The highest BCUT2D eigenvalue weighted by Gasteiger charge is 2.14. The Morgan fingerprint density at radius 3 is 2.59 bits per heavy atom. The highest BCUT2D eigenvalue weighted by molar-refractivity contribution is 5.43. The number of aliphatic hydroxyl groups excluding tert-OH is 1. The summed E-state index contributed by atoms with van der Waals surface area (Å²) in [7, 11) is 5.70. The second kappa shape index (κ2) is 11.2. The maximum Gasteiger partial charge on any atom is 0.161 e. The van der Waals surface area contributed by atoms with Crippen molar-refractivity contribution in [2.24, 2.45) is 0 Å². The van der Waals surface area contributed by atoms with Gasteiger partial charge in [0.05, 0.1) is 13.7 Å². The zero-order chi connectivity index (χ0) is 21.4. The van der Waals surface area contributed by atoms with Crippen LogP contribution in [-0.2, 0) is 19.6 Å². The second-order valence-electron chi connectivity index (χ2n) is 7.79. The average molecular weight is 405 g/mol. The molecule has 7 heteroatoms. The van der Waals surface area contributed by atoms with Crippen molar-refractivity contribution in [3.05, 3.63) is 42.0 Å². The molecule has 0 radical (unpaired) electrons. The number of methoxy groups -OCH3 is 1. The molecule has 0 spiro atoms. The van der Waals surface area contributed by atoms with E-state index < -0.39 is 6.10 Å². The van der Waals surface area contributed by atoms with E-state index in [4.69, 9.17) is 9.47 Å². The molecule has 0 amide bonds. The van der Waals surface area contributed by atoms with Gasteiger partial charge >= 0.3 is 0 Å². The summed E-state index contributed by atoms with van der Waals surface area (Å²) in [6.07, 6.45) is 3.28. The zero-order valence-corrected chi connectivity index (χ0v) is 18.6. The Hall–Kier alpha value is -2.09. The van der Waals surface area contributed by atoms with E-state index in [0.29, 0.717) is 24.1 Å². The van der Waals surface area contributed by atoms with Gasteiger partial charge in [-0.3, -0.25) is 4.90 Å². The average Bonchev–Trinajstić information content (AvgIpc) is 3.13. The molecular weight excluding hydrogens is 368 g/mol. The number of aryl methyl sites for hydroxylation is 1. The molecule has 7 nitrogen and oxygen atoms in total. The Labute approximate surface area is 174 Å². The number of rotatable bonds is 12. The van der Waals surface area contributed by atoms with Gasteiger partial charge in [0, 0.05) is 38.1 Å². The maximum absolute atomic E-state index is 10.3. The van der Waals surface area contributed by atoms with Crippen molar-refractivity contribution in [3.63, 3.8) is 0 Å². The van der Waals surface area contributed by atoms with Crippen LogP contribution in [0.2, 0.25) is 0 Å². The molecule has 0 saturated heterocycles. The largest absolute Gasteiger partial charge is 0.493 e. The molecule has 0 unspecified atom stereocenters. The van der Waals surface area contributed by atoms with Crippen molar-refractivity contribution >= 4 is 0 Å². The molecule has 0 aliphatic rings. The van der Waals surface area contributed by atoms with Crippen LogP contribution in [0, 0.1) is 0 Å². The minimum absolute atomic E-state index is 0.223. The van der Waals surface area contributed by atoms with Crippen LogP contribution in [0.3, 0.4) is 0 Å². The standard InChI is InChI=1S/C22H36N4O3/c1-7-26-11-10-23-22(26)15-24(4)13-18-8-9-20(28-6)21(12-18)29-16-19(27)14-25(5)17(2)3/h8-12,17,19,27H,7,13-16H2,1-6H3/t19-/m0/s1. The highest BCUT2D eigenvalue weighted by atomic mass is 16.5. The number of hydrogen-bond donors (Lipinski definition) is 1. The number of likely N-dealkylation sites (N-methyl/N-ethyl adjacent to an activating group) is 1. The van der Waals surface area contributed by atoms with E-state index in [0.717, 1.165) is 31.0 Å². The van der Waals surface area contributed by atoms with Crippen molar-refractivity contribution in [2.75, 3.05) is 34.4 Å². The smallest absolute Gasteiger partial charge is 0.161 e. The highest BCUT2D eigenvalue weighted by Crippen LogP contribution is 2.29. The number of aromatic nitrogens is 2. The summed E-state index contributed by atoms with van der Waals surface area (Å²) in [5, 5.41) is 10.3. The summed E-state index contributed by atoms with van der Waals surface area (Å²) in [6.45, 7) is 9.54. The van der Waals surface area contributed by atoms with Crippen LogP contribution in [0.15, 0.2) is 30.6 Å². The molecule has 1 aromatic carbocycles. The van der Waals surface area contributed by atoms with E-state index in [1.54, 1.807) is 7.11 Å². The van der Waals surface area contributed by atoms with Crippen LogP contribution in [0.4, 0.5) is 0 Å². The molecule has 162 valence electrons. The molecule has 0 aliphatic carbocycles. The minimum Gasteiger partial charge on any atom is -0.493 e. The normalized spacial score (nSPS) is 12.8. The fourth-order valence-corrected chi connectivity index (χ4v) is 3.10. The Balaban J connectivity index is 1.98. The van der Waals surface area contributed by atoms with Crippen molar-refractivity contribution in [2.45, 2.75) is 52.6 Å². The van der Waals surface area contributed by atoms with Gasteiger partial charge in [-0.15, -0.1) is 0 Å². The van der Waals surface area contributed by atoms with Gasteiger partial charge in [0.25, 0.3) is 0 Å². The summed E-state index contributed by atoms with van der Waals surface area (Å²) in [4.78, 5) is 8.75. The number of ether oxygens (including phenoxy) is 2. The van der Waals surface area contributed by atoms with Gasteiger partial charge in [0.1, 0.15) is 18.5 Å². The van der Waals surface area contributed by atoms with E-state index in [-0.39, 0.29) is 6.61 Å². The fourth-order valence-electron chi connectivity index (χ4n) is 3.10. The van der Waals surface area contributed by atoms with Crippen molar-refractivity contribution in [3.8, 4) is 11.5 Å². The van der Waals surface area contributed by atoms with Crippen LogP contribution in [0.25, 0.3) is 0 Å². The van der Waals surface area contributed by atoms with E-state index in [1.165, 1.54) is 0 Å². The lowest BCUT2D eigenvalue weighted by atomic mass is 10.2. The topological polar surface area (TPSA) is 63.0 Å². The first kappa shape index (κ1) is 23.2. The van der Waals surface area contributed by atoms with Gasteiger partial charge < -0.3 is 24.0 Å². The Kier molecular flexibility index (Phi) is 8.95. The summed E-state index contributed by atoms with van der Waals surface area (Å²) < 4.78 is 13.5. The third-order valence-corrected chi connectivity index (χ3v) is 5.05. The summed E-state index contributed by atoms with van der Waals surface area (Å²) >= 11 is 0. The first-order chi connectivity index (χ1) is 13.8. The quantitative estimate of drug-likeness (QED) is 0.587. The lowest BCUT2D eigenvalue weighted by molar-refractivity contribution is 0.0668. The van der Waals surface area contributed by atoms with E-state index in [9.17, 15) is 5.11 Å². The van der Waals surface area contributed by atoms with Crippen molar-refractivity contribution in [1.82, 2.24) is 19.4 Å². The summed E-state index contributed by atoms with van der Waals surface area (Å²) in [5.74, 6) is 2.37. The monoisotopic (exact) mass is 404 g/mol. The minimum atomic E-state index is -0.564. The molecule has 1 atom stereocenters. The number of nitrogens with zero attached hydrogens (tertiary/aromatic N) is 4. The molecule has 0 bridgehead atoms. The third-order valence-electron chi connectivity index (χ3n) is 5.05. The number of hydrogen-bond acceptors (Lipinski definition) is 6.